The number of rotatable bonds is 4. The van der Waals surface area contributed by atoms with Gasteiger partial charge in [0.2, 0.25) is 0 Å². The third-order valence-corrected chi connectivity index (χ3v) is 2.72. The molecule has 1 aromatic carbocycles. The molecule has 0 saturated carbocycles. The molecule has 0 amide bonds. The molecule has 1 N–H and O–H groups in total. The number of hydrogen-bond donors (Lipinski definition) is 1. The number of carbonyl (C=O) groups is 1. The first kappa shape index (κ1) is 14.5. The molecule has 1 rings (SSSR count). The smallest absolute Gasteiger partial charge is 0.328 e. The van der Waals surface area contributed by atoms with Gasteiger partial charge in [0.1, 0.15) is 0 Å². The molecular formula is C15H20O3. The number of carboxylic acid groups (broad SMARTS) is 1. The summed E-state index contributed by atoms with van der Waals surface area (Å²) >= 11 is 0. The van der Waals surface area contributed by atoms with Gasteiger partial charge in [0.05, 0.1) is 6.61 Å². The van der Waals surface area contributed by atoms with Crippen molar-refractivity contribution in [3.8, 4) is 0 Å². The molecule has 0 aliphatic heterocycles. The largest absolute Gasteiger partial charge is 0.478 e. The standard InChI is InChI=1S/C15H20O3/c1-15(2,3)13-7-5-11(6-8-13)12(10-18-4)9-14(16)17/h5-9H,10H2,1-4H3,(H,16,17)/b12-9+. The number of aliphatic carboxylic acids is 1. The first-order chi connectivity index (χ1) is 8.34. The highest BCUT2D eigenvalue weighted by Crippen LogP contribution is 2.24. The molecule has 0 aromatic heterocycles. The van der Waals surface area contributed by atoms with Crippen molar-refractivity contribution in [2.45, 2.75) is 26.2 Å². The molecule has 1 aromatic rings. The minimum absolute atomic E-state index is 0.0937. The summed E-state index contributed by atoms with van der Waals surface area (Å²) in [5.41, 5.74) is 2.87. The Hall–Kier alpha value is -1.61. The fraction of sp³-hybridized carbons (Fsp3) is 0.400. The van der Waals surface area contributed by atoms with E-state index in [2.05, 4.69) is 20.8 Å². The summed E-state index contributed by atoms with van der Waals surface area (Å²) < 4.78 is 5.03. The van der Waals surface area contributed by atoms with Gasteiger partial charge in [0.25, 0.3) is 0 Å². The van der Waals surface area contributed by atoms with Gasteiger partial charge in [-0.05, 0) is 22.1 Å². The van der Waals surface area contributed by atoms with E-state index in [-0.39, 0.29) is 5.41 Å². The summed E-state index contributed by atoms with van der Waals surface area (Å²) in [5, 5.41) is 8.82. The topological polar surface area (TPSA) is 46.5 Å². The molecule has 3 nitrogen and oxygen atoms in total. The normalized spacial score (nSPS) is 12.6. The van der Waals surface area contributed by atoms with E-state index in [9.17, 15) is 4.79 Å². The van der Waals surface area contributed by atoms with Crippen LogP contribution in [0, 0.1) is 0 Å². The zero-order valence-corrected chi connectivity index (χ0v) is 11.4. The van der Waals surface area contributed by atoms with Gasteiger partial charge >= 0.3 is 5.97 Å². The van der Waals surface area contributed by atoms with E-state index < -0.39 is 5.97 Å². The summed E-state index contributed by atoms with van der Waals surface area (Å²) in [6.45, 7) is 6.72. The number of carboxylic acids is 1. The Kier molecular flexibility index (Phi) is 4.68. The van der Waals surface area contributed by atoms with Crippen molar-refractivity contribution in [2.75, 3.05) is 13.7 Å². The molecule has 18 heavy (non-hydrogen) atoms. The lowest BCUT2D eigenvalue weighted by Crippen LogP contribution is -2.10. The van der Waals surface area contributed by atoms with Crippen molar-refractivity contribution in [1.29, 1.82) is 0 Å². The third-order valence-electron chi connectivity index (χ3n) is 2.72. The van der Waals surface area contributed by atoms with E-state index in [1.54, 1.807) is 7.11 Å². The van der Waals surface area contributed by atoms with Gasteiger partial charge in [-0.3, -0.25) is 0 Å². The average Bonchev–Trinajstić information content (AvgIpc) is 2.27. The third kappa shape index (κ3) is 4.00. The molecule has 0 heterocycles. The van der Waals surface area contributed by atoms with Crippen LogP contribution in [0.1, 0.15) is 31.9 Å². The Labute approximate surface area is 108 Å². The molecule has 0 bridgehead atoms. The summed E-state index contributed by atoms with van der Waals surface area (Å²) in [6, 6.07) is 7.93. The first-order valence-electron chi connectivity index (χ1n) is 5.88. The van der Waals surface area contributed by atoms with Crippen molar-refractivity contribution in [3.05, 3.63) is 41.5 Å². The Morgan fingerprint density at radius 2 is 1.83 bits per heavy atom. The molecule has 3 heteroatoms. The minimum atomic E-state index is -0.957. The maximum absolute atomic E-state index is 10.8. The van der Waals surface area contributed by atoms with Crippen LogP contribution < -0.4 is 0 Å². The fourth-order valence-corrected chi connectivity index (χ4v) is 1.70. The van der Waals surface area contributed by atoms with E-state index in [0.29, 0.717) is 12.2 Å². The van der Waals surface area contributed by atoms with Gasteiger partial charge in [-0.25, -0.2) is 4.79 Å². The molecule has 0 aliphatic carbocycles. The highest BCUT2D eigenvalue weighted by Gasteiger charge is 2.13. The molecule has 0 spiro atoms. The van der Waals surface area contributed by atoms with Crippen molar-refractivity contribution in [2.24, 2.45) is 0 Å². The molecule has 0 fully saturated rings. The van der Waals surface area contributed by atoms with Crippen molar-refractivity contribution in [1.82, 2.24) is 0 Å². The van der Waals surface area contributed by atoms with Gasteiger partial charge in [-0.1, -0.05) is 45.0 Å². The molecular weight excluding hydrogens is 228 g/mol. The van der Waals surface area contributed by atoms with Crippen molar-refractivity contribution < 1.29 is 14.6 Å². The lowest BCUT2D eigenvalue weighted by Gasteiger charge is -2.19. The Morgan fingerprint density at radius 3 is 2.22 bits per heavy atom. The number of hydrogen-bond acceptors (Lipinski definition) is 2. The zero-order chi connectivity index (χ0) is 13.8. The van der Waals surface area contributed by atoms with Crippen LogP contribution in [0.3, 0.4) is 0 Å². The molecule has 0 unspecified atom stereocenters. The van der Waals surface area contributed by atoms with Gasteiger partial charge in [-0.2, -0.15) is 0 Å². The quantitative estimate of drug-likeness (QED) is 0.833. The number of benzene rings is 1. The van der Waals surface area contributed by atoms with Gasteiger partial charge in [-0.15, -0.1) is 0 Å². The summed E-state index contributed by atoms with van der Waals surface area (Å²) in [5.74, 6) is -0.957. The van der Waals surface area contributed by atoms with Crippen LogP contribution in [0.15, 0.2) is 30.3 Å². The van der Waals surface area contributed by atoms with E-state index >= 15 is 0 Å². The van der Waals surface area contributed by atoms with Crippen LogP contribution in [0.4, 0.5) is 0 Å². The van der Waals surface area contributed by atoms with E-state index in [0.717, 1.165) is 5.56 Å². The average molecular weight is 248 g/mol. The second-order valence-corrected chi connectivity index (χ2v) is 5.27. The SMILES string of the molecule is COC/C(=C\C(=O)O)c1ccc(C(C)(C)C)cc1. The highest BCUT2D eigenvalue weighted by atomic mass is 16.5. The maximum atomic E-state index is 10.8. The van der Waals surface area contributed by atoms with Crippen LogP contribution >= 0.6 is 0 Å². The first-order valence-corrected chi connectivity index (χ1v) is 5.88. The summed E-state index contributed by atoms with van der Waals surface area (Å²) in [6.07, 6.45) is 1.19. The molecule has 0 radical (unpaired) electrons. The van der Waals surface area contributed by atoms with Gasteiger partial charge in [0.15, 0.2) is 0 Å². The zero-order valence-electron chi connectivity index (χ0n) is 11.4. The Balaban J connectivity index is 3.05. The fourth-order valence-electron chi connectivity index (χ4n) is 1.70. The van der Waals surface area contributed by atoms with E-state index in [4.69, 9.17) is 9.84 Å². The Bertz CT molecular complexity index is 436. The summed E-state index contributed by atoms with van der Waals surface area (Å²) in [7, 11) is 1.55. The molecule has 0 aliphatic rings. The van der Waals surface area contributed by atoms with Crippen molar-refractivity contribution >= 4 is 11.5 Å². The lowest BCUT2D eigenvalue weighted by molar-refractivity contribution is -0.131. The van der Waals surface area contributed by atoms with Crippen LogP contribution in [0.25, 0.3) is 5.57 Å². The minimum Gasteiger partial charge on any atom is -0.478 e. The summed E-state index contributed by atoms with van der Waals surface area (Å²) in [4.78, 5) is 10.8. The van der Waals surface area contributed by atoms with Crippen LogP contribution in [0.5, 0.6) is 0 Å². The monoisotopic (exact) mass is 248 g/mol. The van der Waals surface area contributed by atoms with Gasteiger partial charge in [0, 0.05) is 13.2 Å². The van der Waals surface area contributed by atoms with Crippen LogP contribution in [0.2, 0.25) is 0 Å². The molecule has 0 saturated heterocycles. The molecule has 98 valence electrons. The second-order valence-electron chi connectivity index (χ2n) is 5.27. The van der Waals surface area contributed by atoms with Gasteiger partial charge < -0.3 is 9.84 Å². The van der Waals surface area contributed by atoms with E-state index in [1.807, 2.05) is 24.3 Å². The van der Waals surface area contributed by atoms with E-state index in [1.165, 1.54) is 11.6 Å². The predicted octanol–water partition coefficient (Wildman–Crippen LogP) is 3.10. The second kappa shape index (κ2) is 5.83. The van der Waals surface area contributed by atoms with Crippen LogP contribution in [-0.4, -0.2) is 24.8 Å². The highest BCUT2D eigenvalue weighted by molar-refractivity contribution is 5.90. The lowest BCUT2D eigenvalue weighted by atomic mass is 9.86. The Morgan fingerprint density at radius 1 is 1.28 bits per heavy atom. The predicted molar refractivity (Wildman–Crippen MR) is 72.6 cm³/mol. The number of methoxy groups -OCH3 is 1. The van der Waals surface area contributed by atoms with Crippen molar-refractivity contribution in [3.63, 3.8) is 0 Å². The molecule has 0 atom stereocenters. The number of ether oxygens (including phenoxy) is 1. The maximum Gasteiger partial charge on any atom is 0.328 e. The van der Waals surface area contributed by atoms with Crippen LogP contribution in [-0.2, 0) is 14.9 Å².